The molecule has 1 heterocycles. The minimum Gasteiger partial charge on any atom is -0.396 e. The van der Waals surface area contributed by atoms with Crippen LogP contribution in [0.3, 0.4) is 0 Å². The molecule has 6 nitrogen and oxygen atoms in total. The molecule has 0 spiro atoms. The number of hydrogen-bond donors (Lipinski definition) is 2. The Morgan fingerprint density at radius 3 is 2.94 bits per heavy atom. The highest BCUT2D eigenvalue weighted by molar-refractivity contribution is 6.06. The maximum atomic E-state index is 11.9. The van der Waals surface area contributed by atoms with E-state index in [4.69, 9.17) is 11.0 Å². The van der Waals surface area contributed by atoms with Gasteiger partial charge in [-0.3, -0.25) is 9.48 Å². The van der Waals surface area contributed by atoms with Crippen LogP contribution in [-0.4, -0.2) is 15.7 Å². The monoisotopic (exact) mass is 241 g/mol. The number of hydrogen-bond acceptors (Lipinski definition) is 4. The number of carbonyl (C=O) groups excluding carboxylic acids is 1. The lowest BCUT2D eigenvalue weighted by atomic mass is 10.2. The number of amides is 1. The molecule has 18 heavy (non-hydrogen) atoms. The number of aromatic nitrogens is 2. The Bertz CT molecular complexity index is 638. The van der Waals surface area contributed by atoms with Gasteiger partial charge in [-0.2, -0.15) is 10.4 Å². The van der Waals surface area contributed by atoms with Gasteiger partial charge in [-0.1, -0.05) is 6.07 Å². The zero-order valence-electron chi connectivity index (χ0n) is 9.71. The van der Waals surface area contributed by atoms with Crippen LogP contribution in [0.2, 0.25) is 0 Å². The van der Waals surface area contributed by atoms with E-state index in [1.165, 1.54) is 4.68 Å². The normalized spacial score (nSPS) is 9.78. The Hall–Kier alpha value is -2.81. The Kier molecular flexibility index (Phi) is 2.98. The van der Waals surface area contributed by atoms with Crippen LogP contribution in [-0.2, 0) is 7.05 Å². The highest BCUT2D eigenvalue weighted by Gasteiger charge is 2.14. The van der Waals surface area contributed by atoms with Crippen molar-refractivity contribution in [3.05, 3.63) is 41.7 Å². The molecule has 0 unspecified atom stereocenters. The maximum absolute atomic E-state index is 11.9. The van der Waals surface area contributed by atoms with Crippen molar-refractivity contribution >= 4 is 17.3 Å². The first-order valence-electron chi connectivity index (χ1n) is 5.21. The van der Waals surface area contributed by atoms with Gasteiger partial charge >= 0.3 is 0 Å². The van der Waals surface area contributed by atoms with Crippen molar-refractivity contribution in [2.45, 2.75) is 0 Å². The lowest BCUT2D eigenvalue weighted by molar-refractivity contribution is 0.102. The van der Waals surface area contributed by atoms with E-state index in [1.54, 1.807) is 37.5 Å². The summed E-state index contributed by atoms with van der Waals surface area (Å²) in [4.78, 5) is 11.9. The first kappa shape index (κ1) is 11.7. The van der Waals surface area contributed by atoms with E-state index in [9.17, 15) is 4.79 Å². The van der Waals surface area contributed by atoms with Gasteiger partial charge < -0.3 is 11.1 Å². The van der Waals surface area contributed by atoms with Gasteiger partial charge in [0.25, 0.3) is 5.91 Å². The molecule has 0 bridgehead atoms. The summed E-state index contributed by atoms with van der Waals surface area (Å²) in [7, 11) is 1.68. The van der Waals surface area contributed by atoms with Crippen LogP contribution in [0.15, 0.2) is 30.5 Å². The second kappa shape index (κ2) is 4.59. The average Bonchev–Trinajstić information content (AvgIpc) is 2.69. The zero-order valence-corrected chi connectivity index (χ0v) is 9.71. The number of benzene rings is 1. The molecule has 0 aliphatic rings. The molecule has 0 aliphatic heterocycles. The Labute approximate surface area is 104 Å². The van der Waals surface area contributed by atoms with Crippen molar-refractivity contribution in [1.29, 1.82) is 5.26 Å². The molecular weight excluding hydrogens is 230 g/mol. The summed E-state index contributed by atoms with van der Waals surface area (Å²) in [5.74, 6) is -0.400. The van der Waals surface area contributed by atoms with Crippen molar-refractivity contribution in [1.82, 2.24) is 9.78 Å². The highest BCUT2D eigenvalue weighted by Crippen LogP contribution is 2.14. The van der Waals surface area contributed by atoms with Crippen LogP contribution < -0.4 is 11.1 Å². The summed E-state index contributed by atoms with van der Waals surface area (Å²) >= 11 is 0. The predicted molar refractivity (Wildman–Crippen MR) is 66.7 cm³/mol. The SMILES string of the molecule is Cn1cc(N)c(C(=O)Nc2cccc(C#N)c2)n1. The fourth-order valence-electron chi connectivity index (χ4n) is 1.54. The summed E-state index contributed by atoms with van der Waals surface area (Å²) in [6, 6.07) is 8.62. The van der Waals surface area contributed by atoms with E-state index in [1.807, 2.05) is 6.07 Å². The van der Waals surface area contributed by atoms with Gasteiger partial charge in [0.05, 0.1) is 17.3 Å². The molecule has 0 aliphatic carbocycles. The van der Waals surface area contributed by atoms with Gasteiger partial charge in [-0.05, 0) is 18.2 Å². The van der Waals surface area contributed by atoms with E-state index in [0.717, 1.165) is 0 Å². The number of nitrogens with one attached hydrogen (secondary N) is 1. The van der Waals surface area contributed by atoms with Gasteiger partial charge in [-0.25, -0.2) is 0 Å². The minimum absolute atomic E-state index is 0.167. The predicted octanol–water partition coefficient (Wildman–Crippen LogP) is 1.13. The third kappa shape index (κ3) is 2.30. The third-order valence-corrected chi connectivity index (χ3v) is 2.32. The Morgan fingerprint density at radius 1 is 1.56 bits per heavy atom. The fourth-order valence-corrected chi connectivity index (χ4v) is 1.54. The van der Waals surface area contributed by atoms with Crippen LogP contribution in [0.4, 0.5) is 11.4 Å². The van der Waals surface area contributed by atoms with Crippen LogP contribution >= 0.6 is 0 Å². The smallest absolute Gasteiger partial charge is 0.278 e. The van der Waals surface area contributed by atoms with Crippen LogP contribution in [0, 0.1) is 11.3 Å². The van der Waals surface area contributed by atoms with Gasteiger partial charge in [0.15, 0.2) is 5.69 Å². The first-order valence-corrected chi connectivity index (χ1v) is 5.21. The summed E-state index contributed by atoms with van der Waals surface area (Å²) in [6.07, 6.45) is 1.56. The molecule has 3 N–H and O–H groups in total. The summed E-state index contributed by atoms with van der Waals surface area (Å²) in [5.41, 5.74) is 7.14. The quantitative estimate of drug-likeness (QED) is 0.823. The van der Waals surface area contributed by atoms with Crippen molar-refractivity contribution in [2.24, 2.45) is 7.05 Å². The van der Waals surface area contributed by atoms with Gasteiger partial charge in [0.1, 0.15) is 0 Å². The van der Waals surface area contributed by atoms with Crippen molar-refractivity contribution < 1.29 is 4.79 Å². The number of nitriles is 1. The van der Waals surface area contributed by atoms with Gasteiger partial charge in [0, 0.05) is 18.9 Å². The molecule has 1 aromatic carbocycles. The number of nitrogens with two attached hydrogens (primary N) is 1. The van der Waals surface area contributed by atoms with E-state index < -0.39 is 5.91 Å². The van der Waals surface area contributed by atoms with Crippen molar-refractivity contribution in [3.63, 3.8) is 0 Å². The Morgan fingerprint density at radius 2 is 2.33 bits per heavy atom. The van der Waals surface area contributed by atoms with E-state index in [0.29, 0.717) is 16.9 Å². The lowest BCUT2D eigenvalue weighted by Crippen LogP contribution is -2.14. The number of aryl methyl sites for hydroxylation is 1. The number of rotatable bonds is 2. The van der Waals surface area contributed by atoms with E-state index in [2.05, 4.69) is 10.4 Å². The van der Waals surface area contributed by atoms with Crippen LogP contribution in [0.25, 0.3) is 0 Å². The van der Waals surface area contributed by atoms with Crippen molar-refractivity contribution in [2.75, 3.05) is 11.1 Å². The molecule has 0 saturated heterocycles. The Balaban J connectivity index is 2.21. The standard InChI is InChI=1S/C12H11N5O/c1-17-7-10(14)11(16-17)12(18)15-9-4-2-3-8(5-9)6-13/h2-5,7H,14H2,1H3,(H,15,18). The summed E-state index contributed by atoms with van der Waals surface area (Å²) in [5, 5.41) is 15.4. The van der Waals surface area contributed by atoms with E-state index in [-0.39, 0.29) is 5.69 Å². The molecule has 0 radical (unpaired) electrons. The van der Waals surface area contributed by atoms with Crippen LogP contribution in [0.5, 0.6) is 0 Å². The number of nitrogen functional groups attached to an aromatic ring is 1. The fraction of sp³-hybridized carbons (Fsp3) is 0.0833. The van der Waals surface area contributed by atoms with Gasteiger partial charge in [-0.15, -0.1) is 0 Å². The minimum atomic E-state index is -0.400. The molecule has 0 saturated carbocycles. The van der Waals surface area contributed by atoms with E-state index >= 15 is 0 Å². The maximum Gasteiger partial charge on any atom is 0.278 e. The lowest BCUT2D eigenvalue weighted by Gasteiger charge is -2.03. The summed E-state index contributed by atoms with van der Waals surface area (Å²) in [6.45, 7) is 0. The van der Waals surface area contributed by atoms with Gasteiger partial charge in [0.2, 0.25) is 0 Å². The molecule has 2 aromatic rings. The van der Waals surface area contributed by atoms with Crippen LogP contribution in [0.1, 0.15) is 16.1 Å². The first-order chi connectivity index (χ1) is 8.60. The molecule has 0 atom stereocenters. The second-order valence-electron chi connectivity index (χ2n) is 3.75. The highest BCUT2D eigenvalue weighted by atomic mass is 16.2. The topological polar surface area (TPSA) is 96.7 Å². The molecule has 2 rings (SSSR count). The number of carbonyl (C=O) groups is 1. The molecule has 0 fully saturated rings. The van der Waals surface area contributed by atoms with Crippen molar-refractivity contribution in [3.8, 4) is 6.07 Å². The number of anilines is 2. The summed E-state index contributed by atoms with van der Waals surface area (Å²) < 4.78 is 1.47. The molecular formula is C12H11N5O. The largest absolute Gasteiger partial charge is 0.396 e. The second-order valence-corrected chi connectivity index (χ2v) is 3.75. The molecule has 1 aromatic heterocycles. The average molecular weight is 241 g/mol. The molecule has 90 valence electrons. The molecule has 1 amide bonds. The molecule has 6 heteroatoms. The number of nitrogens with zero attached hydrogens (tertiary/aromatic N) is 3. The third-order valence-electron chi connectivity index (χ3n) is 2.32. The zero-order chi connectivity index (χ0) is 13.1.